The van der Waals surface area contributed by atoms with E-state index in [1.54, 1.807) is 67.0 Å². The maximum atomic E-state index is 13.3. The van der Waals surface area contributed by atoms with Crippen LogP contribution in [0.15, 0.2) is 86.6 Å². The molecular formula is C27H25N5O4S2. The molecule has 38 heavy (non-hydrogen) atoms. The number of hydrogen-bond donors (Lipinski definition) is 2. The number of hydrogen-bond acceptors (Lipinski definition) is 9. The molecule has 194 valence electrons. The van der Waals surface area contributed by atoms with Crippen molar-refractivity contribution < 1.29 is 16.8 Å². The second-order valence-corrected chi connectivity index (χ2v) is 13.3. The zero-order chi connectivity index (χ0) is 27.2. The van der Waals surface area contributed by atoms with E-state index >= 15 is 0 Å². The topological polar surface area (TPSA) is 131 Å². The van der Waals surface area contributed by atoms with E-state index in [1.807, 2.05) is 0 Å². The molecule has 0 saturated heterocycles. The van der Waals surface area contributed by atoms with Gasteiger partial charge in [-0.1, -0.05) is 18.2 Å². The SMILES string of the molecule is CC1=C(c2ccccn2)NC(c2cccc(C3=C(C)S(=O)(=O)C(C)=C(c4ccccn4)N3)n2)=C(C)S1(=O)=O. The van der Waals surface area contributed by atoms with E-state index in [-0.39, 0.29) is 19.6 Å². The number of aromatic nitrogens is 3. The highest BCUT2D eigenvalue weighted by Gasteiger charge is 2.33. The van der Waals surface area contributed by atoms with Crippen LogP contribution in [0.3, 0.4) is 0 Å². The van der Waals surface area contributed by atoms with Crippen molar-refractivity contribution in [2.75, 3.05) is 0 Å². The predicted octanol–water partition coefficient (Wildman–Crippen LogP) is 4.06. The number of sulfone groups is 2. The Bertz CT molecular complexity index is 1680. The van der Waals surface area contributed by atoms with Gasteiger partial charge in [0.25, 0.3) is 0 Å². The highest BCUT2D eigenvalue weighted by molar-refractivity contribution is 7.99. The third kappa shape index (κ3) is 4.13. The molecule has 5 heterocycles. The van der Waals surface area contributed by atoms with Crippen molar-refractivity contribution in [3.63, 3.8) is 0 Å². The van der Waals surface area contributed by atoms with E-state index in [2.05, 4.69) is 20.6 Å². The van der Waals surface area contributed by atoms with Crippen LogP contribution in [0.5, 0.6) is 0 Å². The Kier molecular flexibility index (Phi) is 6.28. The highest BCUT2D eigenvalue weighted by atomic mass is 32.2. The third-order valence-electron chi connectivity index (χ3n) is 6.62. The Morgan fingerprint density at radius 1 is 0.500 bits per heavy atom. The molecule has 0 bridgehead atoms. The van der Waals surface area contributed by atoms with Crippen LogP contribution in [-0.4, -0.2) is 31.8 Å². The Morgan fingerprint density at radius 3 is 1.18 bits per heavy atom. The van der Waals surface area contributed by atoms with E-state index < -0.39 is 19.7 Å². The van der Waals surface area contributed by atoms with E-state index in [0.717, 1.165) is 0 Å². The van der Waals surface area contributed by atoms with Gasteiger partial charge in [0.1, 0.15) is 0 Å². The summed E-state index contributed by atoms with van der Waals surface area (Å²) in [5.74, 6) is 0. The summed E-state index contributed by atoms with van der Waals surface area (Å²) in [6.45, 7) is 6.11. The predicted molar refractivity (Wildman–Crippen MR) is 147 cm³/mol. The lowest BCUT2D eigenvalue weighted by molar-refractivity contribution is 0.605. The van der Waals surface area contributed by atoms with Gasteiger partial charge < -0.3 is 10.6 Å². The highest BCUT2D eigenvalue weighted by Crippen LogP contribution is 2.37. The average Bonchev–Trinajstić information content (AvgIpc) is 2.92. The van der Waals surface area contributed by atoms with Crippen LogP contribution < -0.4 is 10.6 Å². The van der Waals surface area contributed by atoms with Crippen LogP contribution in [-0.2, 0) is 19.7 Å². The molecule has 9 nitrogen and oxygen atoms in total. The molecule has 0 aliphatic carbocycles. The molecule has 2 aliphatic rings. The van der Waals surface area contributed by atoms with Crippen molar-refractivity contribution in [2.45, 2.75) is 27.7 Å². The fraction of sp³-hybridized carbons (Fsp3) is 0.148. The molecule has 0 radical (unpaired) electrons. The molecule has 2 N–H and O–H groups in total. The van der Waals surface area contributed by atoms with E-state index in [0.29, 0.717) is 45.6 Å². The van der Waals surface area contributed by atoms with Gasteiger partial charge in [0.15, 0.2) is 0 Å². The standard InChI is InChI=1S/C27H25N5O4S2/c1-16-24(20-10-5-7-14-28-20)31-26(18(3)37(16,33)34)22-12-9-13-23(30-22)27-19(4)38(35,36)17(2)25(32-27)21-11-6-8-15-29-21/h5-15,31-32H,1-4H3. The minimum Gasteiger partial charge on any atom is -0.350 e. The van der Waals surface area contributed by atoms with Crippen LogP contribution in [0.2, 0.25) is 0 Å². The fourth-order valence-corrected chi connectivity index (χ4v) is 6.93. The Hall–Kier alpha value is -4.09. The lowest BCUT2D eigenvalue weighted by Gasteiger charge is -2.26. The number of nitrogens with one attached hydrogen (secondary N) is 2. The van der Waals surface area contributed by atoms with Gasteiger partial charge in [-0.25, -0.2) is 21.8 Å². The first-order valence-electron chi connectivity index (χ1n) is 11.7. The van der Waals surface area contributed by atoms with Crippen LogP contribution in [0.25, 0.3) is 22.8 Å². The molecule has 0 spiro atoms. The van der Waals surface area contributed by atoms with Crippen molar-refractivity contribution >= 4 is 42.5 Å². The zero-order valence-electron chi connectivity index (χ0n) is 21.1. The summed E-state index contributed by atoms with van der Waals surface area (Å²) >= 11 is 0. The molecule has 11 heteroatoms. The minimum absolute atomic E-state index is 0.110. The van der Waals surface area contributed by atoms with Gasteiger partial charge in [0.2, 0.25) is 19.7 Å². The molecule has 0 aromatic carbocycles. The number of rotatable bonds is 4. The Morgan fingerprint density at radius 2 is 0.842 bits per heavy atom. The number of nitrogens with zero attached hydrogens (tertiary/aromatic N) is 3. The quantitative estimate of drug-likeness (QED) is 0.496. The van der Waals surface area contributed by atoms with Crippen LogP contribution in [0.1, 0.15) is 50.5 Å². The van der Waals surface area contributed by atoms with Gasteiger partial charge >= 0.3 is 0 Å². The molecule has 0 atom stereocenters. The molecule has 0 amide bonds. The summed E-state index contributed by atoms with van der Waals surface area (Å²) in [6, 6.07) is 15.6. The summed E-state index contributed by atoms with van der Waals surface area (Å²) in [6.07, 6.45) is 3.18. The molecule has 3 aromatic rings. The lowest BCUT2D eigenvalue weighted by atomic mass is 10.1. The summed E-state index contributed by atoms with van der Waals surface area (Å²) in [5.41, 5.74) is 2.97. The normalized spacial score (nSPS) is 18.8. The van der Waals surface area contributed by atoms with Crippen molar-refractivity contribution in [3.8, 4) is 0 Å². The summed E-state index contributed by atoms with van der Waals surface area (Å²) < 4.78 is 53.3. The molecule has 3 aromatic heterocycles. The van der Waals surface area contributed by atoms with Gasteiger partial charge in [-0.3, -0.25) is 9.97 Å². The molecule has 5 rings (SSSR count). The zero-order valence-corrected chi connectivity index (χ0v) is 22.8. The van der Waals surface area contributed by atoms with Crippen molar-refractivity contribution in [2.24, 2.45) is 0 Å². The monoisotopic (exact) mass is 547 g/mol. The number of allylic oxidation sites excluding steroid dienone is 4. The molecule has 0 unspecified atom stereocenters. The van der Waals surface area contributed by atoms with Gasteiger partial charge in [0.05, 0.1) is 65.2 Å². The Balaban J connectivity index is 1.61. The first kappa shape index (κ1) is 25.6. The smallest absolute Gasteiger partial charge is 0.202 e. The van der Waals surface area contributed by atoms with E-state index in [1.165, 1.54) is 27.7 Å². The second kappa shape index (κ2) is 9.34. The second-order valence-electron chi connectivity index (χ2n) is 8.82. The largest absolute Gasteiger partial charge is 0.350 e. The maximum Gasteiger partial charge on any atom is 0.202 e. The molecule has 0 fully saturated rings. The van der Waals surface area contributed by atoms with Gasteiger partial charge in [0, 0.05) is 12.4 Å². The Labute approximate surface area is 221 Å². The molecular weight excluding hydrogens is 522 g/mol. The maximum absolute atomic E-state index is 13.3. The van der Waals surface area contributed by atoms with Crippen LogP contribution in [0, 0.1) is 0 Å². The summed E-state index contributed by atoms with van der Waals surface area (Å²) in [4.78, 5) is 13.9. The molecule has 2 aliphatic heterocycles. The third-order valence-corrected chi connectivity index (χ3v) is 10.7. The lowest BCUT2D eigenvalue weighted by Crippen LogP contribution is -2.27. The summed E-state index contributed by atoms with van der Waals surface area (Å²) in [7, 11) is -7.55. The van der Waals surface area contributed by atoms with Gasteiger partial charge in [-0.05, 0) is 64.1 Å². The number of pyridine rings is 3. The van der Waals surface area contributed by atoms with E-state index in [9.17, 15) is 16.8 Å². The van der Waals surface area contributed by atoms with Crippen molar-refractivity contribution in [1.29, 1.82) is 0 Å². The van der Waals surface area contributed by atoms with Gasteiger partial charge in [-0.15, -0.1) is 0 Å². The minimum atomic E-state index is -3.78. The van der Waals surface area contributed by atoms with Crippen molar-refractivity contribution in [3.05, 3.63) is 109 Å². The van der Waals surface area contributed by atoms with Crippen LogP contribution >= 0.6 is 0 Å². The first-order valence-corrected chi connectivity index (χ1v) is 14.7. The summed E-state index contributed by atoms with van der Waals surface area (Å²) in [5, 5.41) is 6.44. The molecule has 0 saturated carbocycles. The van der Waals surface area contributed by atoms with Gasteiger partial charge in [-0.2, -0.15) is 0 Å². The van der Waals surface area contributed by atoms with Crippen molar-refractivity contribution in [1.82, 2.24) is 25.6 Å². The fourth-order valence-electron chi connectivity index (χ4n) is 4.31. The average molecular weight is 548 g/mol. The first-order chi connectivity index (χ1) is 18.0. The van der Waals surface area contributed by atoms with Crippen LogP contribution in [0.4, 0.5) is 0 Å². The van der Waals surface area contributed by atoms with E-state index in [4.69, 9.17) is 4.98 Å².